The number of hydrogen-bond acceptors (Lipinski definition) is 4. The van der Waals surface area contributed by atoms with Gasteiger partial charge in [0, 0.05) is 52.6 Å². The number of methoxy groups -OCH3 is 1. The van der Waals surface area contributed by atoms with Crippen molar-refractivity contribution < 1.29 is 9.47 Å². The number of piperazine rings is 1. The van der Waals surface area contributed by atoms with Crippen LogP contribution in [-0.4, -0.2) is 77.6 Å². The molecule has 0 amide bonds. The van der Waals surface area contributed by atoms with Crippen LogP contribution in [0.1, 0.15) is 11.1 Å². The lowest BCUT2D eigenvalue weighted by atomic mass is 10.1. The maximum absolute atomic E-state index is 5.49. The first kappa shape index (κ1) is 23.0. The van der Waals surface area contributed by atoms with Gasteiger partial charge in [-0.1, -0.05) is 12.1 Å². The van der Waals surface area contributed by atoms with Crippen LogP contribution in [0.3, 0.4) is 0 Å². The van der Waals surface area contributed by atoms with E-state index >= 15 is 0 Å². The molecule has 0 aromatic heterocycles. The molecule has 7 heteroatoms. The first-order valence-corrected chi connectivity index (χ1v) is 9.00. The van der Waals surface area contributed by atoms with Crippen LogP contribution in [-0.2, 0) is 9.47 Å². The molecule has 1 heterocycles. The monoisotopic (exact) mass is 476 g/mol. The Balaban J connectivity index is 0.00000338. The zero-order valence-electron chi connectivity index (χ0n) is 16.5. The number of aliphatic imine (C=N–C) groups is 1. The van der Waals surface area contributed by atoms with Crippen molar-refractivity contribution in [2.24, 2.45) is 4.99 Å². The van der Waals surface area contributed by atoms with Gasteiger partial charge in [0.05, 0.1) is 19.8 Å². The number of ether oxygens (including phenoxy) is 2. The molecule has 1 aromatic rings. The van der Waals surface area contributed by atoms with Gasteiger partial charge in [0.25, 0.3) is 0 Å². The van der Waals surface area contributed by atoms with Gasteiger partial charge < -0.3 is 24.6 Å². The highest BCUT2D eigenvalue weighted by Crippen LogP contribution is 2.23. The molecular formula is C19H33IN4O2. The summed E-state index contributed by atoms with van der Waals surface area (Å²) in [6.45, 7) is 11.0. The number of benzene rings is 1. The molecule has 0 spiro atoms. The predicted molar refractivity (Wildman–Crippen MR) is 119 cm³/mol. The number of halogens is 1. The molecule has 0 saturated carbocycles. The lowest BCUT2D eigenvalue weighted by Gasteiger charge is -2.38. The predicted octanol–water partition coefficient (Wildman–Crippen LogP) is 2.28. The summed E-state index contributed by atoms with van der Waals surface area (Å²) < 4.78 is 10.5. The second kappa shape index (κ2) is 12.3. The molecule has 26 heavy (non-hydrogen) atoms. The Labute approximate surface area is 175 Å². The minimum absolute atomic E-state index is 0. The second-order valence-corrected chi connectivity index (χ2v) is 6.27. The summed E-state index contributed by atoms with van der Waals surface area (Å²) in [5, 5.41) is 3.38. The van der Waals surface area contributed by atoms with Gasteiger partial charge in [-0.2, -0.15) is 0 Å². The number of rotatable bonds is 7. The summed E-state index contributed by atoms with van der Waals surface area (Å²) in [5.74, 6) is 0.955. The smallest absolute Gasteiger partial charge is 0.193 e. The van der Waals surface area contributed by atoms with E-state index < -0.39 is 0 Å². The van der Waals surface area contributed by atoms with Crippen LogP contribution in [0, 0.1) is 13.8 Å². The molecule has 1 N–H and O–H groups in total. The van der Waals surface area contributed by atoms with Crippen molar-refractivity contribution >= 4 is 35.6 Å². The number of nitrogens with one attached hydrogen (secondary N) is 1. The molecule has 1 aromatic carbocycles. The SMILES string of the molecule is CN=C(NCCOCCOC)N1CCN(c2cccc(C)c2C)CC1.I. The van der Waals surface area contributed by atoms with E-state index in [9.17, 15) is 0 Å². The summed E-state index contributed by atoms with van der Waals surface area (Å²) in [6, 6.07) is 6.55. The van der Waals surface area contributed by atoms with Crippen LogP contribution in [0.15, 0.2) is 23.2 Å². The molecule has 0 radical (unpaired) electrons. The third-order valence-corrected chi connectivity index (χ3v) is 4.67. The number of aryl methyl sites for hydroxylation is 1. The third kappa shape index (κ3) is 6.59. The summed E-state index contributed by atoms with van der Waals surface area (Å²) in [5.41, 5.74) is 4.09. The zero-order chi connectivity index (χ0) is 18.1. The van der Waals surface area contributed by atoms with Crippen LogP contribution in [0.5, 0.6) is 0 Å². The van der Waals surface area contributed by atoms with Gasteiger partial charge in [-0.25, -0.2) is 0 Å². The van der Waals surface area contributed by atoms with Gasteiger partial charge in [0.15, 0.2) is 5.96 Å². The largest absolute Gasteiger partial charge is 0.382 e. The highest BCUT2D eigenvalue weighted by Gasteiger charge is 2.20. The molecule has 6 nitrogen and oxygen atoms in total. The van der Waals surface area contributed by atoms with Crippen molar-refractivity contribution in [1.29, 1.82) is 0 Å². The summed E-state index contributed by atoms with van der Waals surface area (Å²) in [6.07, 6.45) is 0. The Kier molecular flexibility index (Phi) is 10.9. The normalized spacial score (nSPS) is 15.0. The van der Waals surface area contributed by atoms with Gasteiger partial charge >= 0.3 is 0 Å². The van der Waals surface area contributed by atoms with Gasteiger partial charge in [0.2, 0.25) is 0 Å². The molecule has 2 rings (SSSR count). The van der Waals surface area contributed by atoms with Crippen molar-refractivity contribution in [2.45, 2.75) is 13.8 Å². The highest BCUT2D eigenvalue weighted by atomic mass is 127. The number of hydrogen-bond donors (Lipinski definition) is 1. The molecule has 0 aliphatic carbocycles. The number of anilines is 1. The van der Waals surface area contributed by atoms with E-state index in [0.717, 1.165) is 38.7 Å². The molecule has 1 saturated heterocycles. The second-order valence-electron chi connectivity index (χ2n) is 6.27. The summed E-state index contributed by atoms with van der Waals surface area (Å²) in [4.78, 5) is 9.20. The molecule has 1 aliphatic rings. The van der Waals surface area contributed by atoms with Gasteiger partial charge in [-0.3, -0.25) is 4.99 Å². The molecule has 1 fully saturated rings. The summed E-state index contributed by atoms with van der Waals surface area (Å²) in [7, 11) is 3.52. The standard InChI is InChI=1S/C19H32N4O2.HI/c1-16-6-5-7-18(17(16)2)22-9-11-23(12-10-22)19(20-3)21-8-13-25-15-14-24-4;/h5-7H,8-15H2,1-4H3,(H,20,21);1H. The lowest BCUT2D eigenvalue weighted by molar-refractivity contribution is 0.0731. The van der Waals surface area contributed by atoms with Crippen LogP contribution < -0.4 is 10.2 Å². The Bertz CT molecular complexity index is 560. The van der Waals surface area contributed by atoms with E-state index in [0.29, 0.717) is 19.8 Å². The van der Waals surface area contributed by atoms with Crippen molar-refractivity contribution in [1.82, 2.24) is 10.2 Å². The molecule has 1 aliphatic heterocycles. The van der Waals surface area contributed by atoms with Crippen LogP contribution in [0.2, 0.25) is 0 Å². The van der Waals surface area contributed by atoms with E-state index in [4.69, 9.17) is 9.47 Å². The Morgan fingerprint density at radius 1 is 1.12 bits per heavy atom. The Morgan fingerprint density at radius 3 is 2.50 bits per heavy atom. The van der Waals surface area contributed by atoms with E-state index in [1.165, 1.54) is 16.8 Å². The van der Waals surface area contributed by atoms with E-state index in [1.54, 1.807) is 7.11 Å². The average Bonchev–Trinajstić information content (AvgIpc) is 2.64. The third-order valence-electron chi connectivity index (χ3n) is 4.67. The fourth-order valence-electron chi connectivity index (χ4n) is 3.05. The fraction of sp³-hybridized carbons (Fsp3) is 0.632. The minimum atomic E-state index is 0. The van der Waals surface area contributed by atoms with Crippen molar-refractivity contribution in [3.05, 3.63) is 29.3 Å². The quantitative estimate of drug-likeness (QED) is 0.283. The first-order valence-electron chi connectivity index (χ1n) is 9.00. The number of guanidine groups is 1. The van der Waals surface area contributed by atoms with Gasteiger partial charge in [-0.15, -0.1) is 24.0 Å². The molecular weight excluding hydrogens is 443 g/mol. The highest BCUT2D eigenvalue weighted by molar-refractivity contribution is 14.0. The molecule has 0 atom stereocenters. The minimum Gasteiger partial charge on any atom is -0.382 e. The maximum Gasteiger partial charge on any atom is 0.193 e. The topological polar surface area (TPSA) is 49.3 Å². The maximum atomic E-state index is 5.49. The van der Waals surface area contributed by atoms with E-state index in [-0.39, 0.29) is 24.0 Å². The van der Waals surface area contributed by atoms with Crippen molar-refractivity contribution in [2.75, 3.05) is 71.6 Å². The van der Waals surface area contributed by atoms with E-state index in [1.807, 2.05) is 7.05 Å². The molecule has 0 bridgehead atoms. The Hall–Kier alpha value is -1.06. The Morgan fingerprint density at radius 2 is 1.85 bits per heavy atom. The number of nitrogens with zero attached hydrogens (tertiary/aromatic N) is 3. The molecule has 0 unspecified atom stereocenters. The molecule has 148 valence electrons. The average molecular weight is 476 g/mol. The van der Waals surface area contributed by atoms with Crippen molar-refractivity contribution in [3.8, 4) is 0 Å². The lowest BCUT2D eigenvalue weighted by Crippen LogP contribution is -2.53. The summed E-state index contributed by atoms with van der Waals surface area (Å²) >= 11 is 0. The van der Waals surface area contributed by atoms with Crippen LogP contribution in [0.25, 0.3) is 0 Å². The first-order chi connectivity index (χ1) is 12.2. The van der Waals surface area contributed by atoms with Crippen molar-refractivity contribution in [3.63, 3.8) is 0 Å². The van der Waals surface area contributed by atoms with Gasteiger partial charge in [0.1, 0.15) is 0 Å². The zero-order valence-corrected chi connectivity index (χ0v) is 18.8. The van der Waals surface area contributed by atoms with E-state index in [2.05, 4.69) is 52.2 Å². The van der Waals surface area contributed by atoms with Gasteiger partial charge in [-0.05, 0) is 31.0 Å². The van der Waals surface area contributed by atoms with Crippen LogP contribution >= 0.6 is 24.0 Å². The van der Waals surface area contributed by atoms with Crippen LogP contribution in [0.4, 0.5) is 5.69 Å². The fourth-order valence-corrected chi connectivity index (χ4v) is 3.05.